The Kier molecular flexibility index (Phi) is 5.14. The average Bonchev–Trinajstić information content (AvgIpc) is 3.09. The summed E-state index contributed by atoms with van der Waals surface area (Å²) in [6, 6.07) is 5.94. The van der Waals surface area contributed by atoms with Gasteiger partial charge in [0, 0.05) is 17.6 Å². The third-order valence-electron chi connectivity index (χ3n) is 2.95. The molecule has 108 valence electrons. The van der Waals surface area contributed by atoms with E-state index in [0.717, 1.165) is 5.69 Å². The van der Waals surface area contributed by atoms with Gasteiger partial charge in [0.2, 0.25) is 0 Å². The zero-order valence-electron chi connectivity index (χ0n) is 11.6. The third-order valence-corrected chi connectivity index (χ3v) is 3.92. The summed E-state index contributed by atoms with van der Waals surface area (Å²) in [6.45, 7) is 1.01. The number of urea groups is 1. The van der Waals surface area contributed by atoms with Crippen molar-refractivity contribution in [2.45, 2.75) is 12.6 Å². The molecule has 2 aromatic rings. The molecule has 2 rings (SSSR count). The van der Waals surface area contributed by atoms with Crippen LogP contribution in [0.3, 0.4) is 0 Å². The molecule has 2 heterocycles. The molecule has 3 N–H and O–H groups in total. The van der Waals surface area contributed by atoms with E-state index in [1.54, 1.807) is 17.5 Å². The fraction of sp³-hybridized carbons (Fsp3) is 0.385. The second-order valence-corrected chi connectivity index (χ2v) is 5.62. The van der Waals surface area contributed by atoms with Gasteiger partial charge >= 0.3 is 6.03 Å². The zero-order chi connectivity index (χ0) is 14.4. The van der Waals surface area contributed by atoms with Gasteiger partial charge in [-0.15, -0.1) is 11.3 Å². The van der Waals surface area contributed by atoms with Gasteiger partial charge in [-0.1, -0.05) is 6.07 Å². The molecule has 0 bridgehead atoms. The molecule has 0 radical (unpaired) electrons. The number of likely N-dealkylation sites (N-methyl/N-ethyl adjacent to an activating group) is 1. The molecule has 0 spiro atoms. The van der Waals surface area contributed by atoms with Gasteiger partial charge in [-0.25, -0.2) is 4.79 Å². The largest absolute Gasteiger partial charge is 0.336 e. The quantitative estimate of drug-likeness (QED) is 0.757. The average molecular weight is 293 g/mol. The van der Waals surface area contributed by atoms with E-state index in [9.17, 15) is 4.79 Å². The second-order valence-electron chi connectivity index (χ2n) is 4.64. The lowest BCUT2D eigenvalue weighted by Gasteiger charge is -2.23. The molecule has 0 fully saturated rings. The summed E-state index contributed by atoms with van der Waals surface area (Å²) in [4.78, 5) is 15.1. The molecule has 0 aliphatic rings. The number of nitrogens with one attached hydrogen (secondary N) is 3. The Morgan fingerprint density at radius 3 is 2.90 bits per heavy atom. The maximum atomic E-state index is 11.8. The molecule has 0 unspecified atom stereocenters. The molecule has 20 heavy (non-hydrogen) atoms. The molecule has 0 aliphatic carbocycles. The Bertz CT molecular complexity index is 509. The summed E-state index contributed by atoms with van der Waals surface area (Å²) in [6.07, 6.45) is 1.66. The van der Waals surface area contributed by atoms with Gasteiger partial charge in [0.05, 0.1) is 18.3 Å². The van der Waals surface area contributed by atoms with E-state index in [0.29, 0.717) is 13.1 Å². The number of H-pyrrole nitrogens is 1. The Morgan fingerprint density at radius 2 is 2.30 bits per heavy atom. The normalized spacial score (nSPS) is 12.3. The number of nitrogens with zero attached hydrogens (tertiary/aromatic N) is 2. The number of amides is 2. The van der Waals surface area contributed by atoms with Crippen molar-refractivity contribution in [3.63, 3.8) is 0 Å². The van der Waals surface area contributed by atoms with Crippen molar-refractivity contribution in [1.29, 1.82) is 0 Å². The molecule has 2 amide bonds. The highest BCUT2D eigenvalue weighted by Gasteiger charge is 2.15. The molecule has 0 saturated heterocycles. The lowest BCUT2D eigenvalue weighted by atomic mass is 10.2. The predicted octanol–water partition coefficient (Wildman–Crippen LogP) is 1.57. The first-order chi connectivity index (χ1) is 9.66. The lowest BCUT2D eigenvalue weighted by Crippen LogP contribution is -2.40. The molecular weight excluding hydrogens is 274 g/mol. The number of carbonyl (C=O) groups excluding carboxylic acids is 1. The van der Waals surface area contributed by atoms with E-state index in [-0.39, 0.29) is 12.1 Å². The highest BCUT2D eigenvalue weighted by Crippen LogP contribution is 2.22. The summed E-state index contributed by atoms with van der Waals surface area (Å²) in [5.74, 6) is 0. The van der Waals surface area contributed by atoms with Gasteiger partial charge in [-0.2, -0.15) is 5.10 Å². The van der Waals surface area contributed by atoms with Crippen LogP contribution in [0.15, 0.2) is 29.8 Å². The number of hydrogen-bond donors (Lipinski definition) is 3. The van der Waals surface area contributed by atoms with Crippen molar-refractivity contribution in [2.24, 2.45) is 0 Å². The number of hydrogen-bond acceptors (Lipinski definition) is 4. The SMILES string of the molecule is CN(C)[C@@H](CNC(=O)NCc1ccn[nH]1)c1cccs1. The van der Waals surface area contributed by atoms with Gasteiger partial charge in [-0.3, -0.25) is 5.10 Å². The lowest BCUT2D eigenvalue weighted by molar-refractivity contribution is 0.233. The highest BCUT2D eigenvalue weighted by atomic mass is 32.1. The standard InChI is InChI=1S/C13H19N5OS/c1-18(2)11(12-4-3-7-20-12)9-15-13(19)14-8-10-5-6-16-17-10/h3-7,11H,8-9H2,1-2H3,(H,16,17)(H2,14,15,19)/t11-/m0/s1. The fourth-order valence-electron chi connectivity index (χ4n) is 1.83. The number of aromatic nitrogens is 2. The summed E-state index contributed by atoms with van der Waals surface area (Å²) < 4.78 is 0. The minimum absolute atomic E-state index is 0.178. The van der Waals surface area contributed by atoms with E-state index in [1.165, 1.54) is 4.88 Å². The maximum absolute atomic E-state index is 11.8. The van der Waals surface area contributed by atoms with Gasteiger partial charge in [0.25, 0.3) is 0 Å². The summed E-state index contributed by atoms with van der Waals surface area (Å²) >= 11 is 1.70. The monoisotopic (exact) mass is 293 g/mol. The summed E-state index contributed by atoms with van der Waals surface area (Å²) in [5.41, 5.74) is 0.877. The molecule has 0 aromatic carbocycles. The second kappa shape index (κ2) is 7.06. The predicted molar refractivity (Wildman–Crippen MR) is 79.6 cm³/mol. The smallest absolute Gasteiger partial charge is 0.315 e. The number of rotatable bonds is 6. The summed E-state index contributed by atoms with van der Waals surface area (Å²) in [5, 5.41) is 14.4. The molecule has 2 aromatic heterocycles. The van der Waals surface area contributed by atoms with Crippen LogP contribution in [-0.4, -0.2) is 41.8 Å². The molecule has 0 aliphatic heterocycles. The Labute approximate surface area is 122 Å². The van der Waals surface area contributed by atoms with Crippen molar-refractivity contribution in [3.05, 3.63) is 40.3 Å². The number of carbonyl (C=O) groups is 1. The van der Waals surface area contributed by atoms with Gasteiger partial charge in [0.1, 0.15) is 0 Å². The molecule has 6 nitrogen and oxygen atoms in total. The van der Waals surface area contributed by atoms with Crippen LogP contribution in [0, 0.1) is 0 Å². The topological polar surface area (TPSA) is 73.1 Å². The third kappa shape index (κ3) is 4.07. The Balaban J connectivity index is 1.79. The van der Waals surface area contributed by atoms with Crippen LogP contribution in [0.2, 0.25) is 0 Å². The van der Waals surface area contributed by atoms with Gasteiger partial charge in [-0.05, 0) is 31.6 Å². The van der Waals surface area contributed by atoms with Crippen LogP contribution in [0.1, 0.15) is 16.6 Å². The van der Waals surface area contributed by atoms with Crippen LogP contribution in [-0.2, 0) is 6.54 Å². The molecule has 0 saturated carbocycles. The minimum Gasteiger partial charge on any atom is -0.336 e. The summed E-state index contributed by atoms with van der Waals surface area (Å²) in [7, 11) is 4.02. The highest BCUT2D eigenvalue weighted by molar-refractivity contribution is 7.10. The number of aromatic amines is 1. The van der Waals surface area contributed by atoms with Crippen LogP contribution in [0.5, 0.6) is 0 Å². The van der Waals surface area contributed by atoms with E-state index in [2.05, 4.69) is 31.8 Å². The first-order valence-electron chi connectivity index (χ1n) is 6.36. The molecular formula is C13H19N5OS. The Morgan fingerprint density at radius 1 is 1.45 bits per heavy atom. The van der Waals surface area contributed by atoms with E-state index in [1.807, 2.05) is 31.6 Å². The van der Waals surface area contributed by atoms with Gasteiger partial charge < -0.3 is 15.5 Å². The van der Waals surface area contributed by atoms with Gasteiger partial charge in [0.15, 0.2) is 0 Å². The van der Waals surface area contributed by atoms with Crippen molar-refractivity contribution in [2.75, 3.05) is 20.6 Å². The zero-order valence-corrected chi connectivity index (χ0v) is 12.4. The molecule has 7 heteroatoms. The van der Waals surface area contributed by atoms with E-state index >= 15 is 0 Å². The number of thiophene rings is 1. The van der Waals surface area contributed by atoms with Crippen LogP contribution in [0.4, 0.5) is 4.79 Å². The maximum Gasteiger partial charge on any atom is 0.315 e. The van der Waals surface area contributed by atoms with E-state index < -0.39 is 0 Å². The van der Waals surface area contributed by atoms with E-state index in [4.69, 9.17) is 0 Å². The van der Waals surface area contributed by atoms with Crippen LogP contribution >= 0.6 is 11.3 Å². The first-order valence-corrected chi connectivity index (χ1v) is 7.24. The van der Waals surface area contributed by atoms with Crippen molar-refractivity contribution in [3.8, 4) is 0 Å². The Hall–Kier alpha value is -1.86. The molecule has 1 atom stereocenters. The van der Waals surface area contributed by atoms with Crippen molar-refractivity contribution in [1.82, 2.24) is 25.7 Å². The minimum atomic E-state index is -0.178. The van der Waals surface area contributed by atoms with Crippen LogP contribution in [0.25, 0.3) is 0 Å². The van der Waals surface area contributed by atoms with Crippen molar-refractivity contribution >= 4 is 17.4 Å². The first kappa shape index (κ1) is 14.5. The van der Waals surface area contributed by atoms with Crippen molar-refractivity contribution < 1.29 is 4.79 Å². The fourth-order valence-corrected chi connectivity index (χ4v) is 2.75. The van der Waals surface area contributed by atoms with Crippen LogP contribution < -0.4 is 10.6 Å².